The van der Waals surface area contributed by atoms with Gasteiger partial charge in [0, 0.05) is 12.1 Å². The lowest BCUT2D eigenvalue weighted by Crippen LogP contribution is -2.54. The van der Waals surface area contributed by atoms with Crippen molar-refractivity contribution in [2.75, 3.05) is 13.6 Å². The summed E-state index contributed by atoms with van der Waals surface area (Å²) in [6, 6.07) is 5.02. The Bertz CT molecular complexity index is 707. The molecule has 1 aromatic rings. The molecule has 0 aliphatic heterocycles. The molecule has 1 fully saturated rings. The molecule has 118 valence electrons. The molecule has 21 heavy (non-hydrogen) atoms. The number of hydrogen-bond acceptors (Lipinski definition) is 5. The van der Waals surface area contributed by atoms with Crippen molar-refractivity contribution in [2.24, 2.45) is 5.73 Å². The van der Waals surface area contributed by atoms with Gasteiger partial charge < -0.3 is 5.73 Å². The first kappa shape index (κ1) is 16.4. The lowest BCUT2D eigenvalue weighted by atomic mass is 9.78. The fraction of sp³-hybridized carbons (Fsp3) is 0.500. The minimum absolute atomic E-state index is 0.0123. The van der Waals surface area contributed by atoms with Gasteiger partial charge in [-0.1, -0.05) is 0 Å². The van der Waals surface area contributed by atoms with Crippen LogP contribution < -0.4 is 15.2 Å². The van der Waals surface area contributed by atoms with Gasteiger partial charge in [-0.05, 0) is 50.6 Å². The van der Waals surface area contributed by atoms with Crippen molar-refractivity contribution in [3.63, 3.8) is 0 Å². The Balaban J connectivity index is 2.13. The normalized spacial score (nSPS) is 18.2. The summed E-state index contributed by atoms with van der Waals surface area (Å²) in [5.41, 5.74) is 5.52. The second kappa shape index (κ2) is 5.65. The molecule has 7 nitrogen and oxygen atoms in total. The standard InChI is InChI=1S/C12H19N3O4S2/c1-14-20(16,17)10-3-5-11(6-4-10)21(18,19)15-9-12(13)7-2-8-12/h3-6,14-15H,2,7-9,13H2,1H3. The van der Waals surface area contributed by atoms with E-state index in [0.29, 0.717) is 0 Å². The summed E-state index contributed by atoms with van der Waals surface area (Å²) in [6.07, 6.45) is 2.61. The van der Waals surface area contributed by atoms with Gasteiger partial charge in [-0.25, -0.2) is 26.3 Å². The Morgan fingerprint density at radius 2 is 1.52 bits per heavy atom. The molecule has 0 saturated heterocycles. The lowest BCUT2D eigenvalue weighted by Gasteiger charge is -2.37. The minimum atomic E-state index is -3.68. The molecular formula is C12H19N3O4S2. The van der Waals surface area contributed by atoms with Crippen molar-refractivity contribution < 1.29 is 16.8 Å². The predicted octanol–water partition coefficient (Wildman–Crippen LogP) is -0.246. The summed E-state index contributed by atoms with van der Waals surface area (Å²) >= 11 is 0. The molecule has 1 aromatic carbocycles. The molecule has 0 radical (unpaired) electrons. The molecule has 0 aromatic heterocycles. The highest BCUT2D eigenvalue weighted by atomic mass is 32.2. The average Bonchev–Trinajstić information content (AvgIpc) is 2.43. The summed E-state index contributed by atoms with van der Waals surface area (Å²) in [5.74, 6) is 0. The maximum atomic E-state index is 12.1. The van der Waals surface area contributed by atoms with Crippen LogP contribution in [0.15, 0.2) is 34.1 Å². The monoisotopic (exact) mass is 333 g/mol. The van der Waals surface area contributed by atoms with Crippen LogP contribution in [-0.2, 0) is 20.0 Å². The van der Waals surface area contributed by atoms with E-state index < -0.39 is 25.6 Å². The second-order valence-electron chi connectivity index (χ2n) is 5.22. The van der Waals surface area contributed by atoms with Crippen LogP contribution in [0.1, 0.15) is 19.3 Å². The highest BCUT2D eigenvalue weighted by Crippen LogP contribution is 2.28. The third-order valence-electron chi connectivity index (χ3n) is 3.68. The molecule has 1 aliphatic carbocycles. The first-order valence-electron chi connectivity index (χ1n) is 6.51. The Kier molecular flexibility index (Phi) is 4.41. The van der Waals surface area contributed by atoms with Crippen LogP contribution in [0.2, 0.25) is 0 Å². The molecule has 0 atom stereocenters. The Morgan fingerprint density at radius 3 is 1.90 bits per heavy atom. The predicted molar refractivity (Wildman–Crippen MR) is 78.6 cm³/mol. The van der Waals surface area contributed by atoms with Crippen molar-refractivity contribution in [1.82, 2.24) is 9.44 Å². The lowest BCUT2D eigenvalue weighted by molar-refractivity contribution is 0.251. The van der Waals surface area contributed by atoms with Crippen molar-refractivity contribution in [1.29, 1.82) is 0 Å². The summed E-state index contributed by atoms with van der Waals surface area (Å²) < 4.78 is 52.0. The van der Waals surface area contributed by atoms with Crippen molar-refractivity contribution in [3.05, 3.63) is 24.3 Å². The van der Waals surface area contributed by atoms with Gasteiger partial charge in [-0.3, -0.25) is 0 Å². The molecule has 0 amide bonds. The quantitative estimate of drug-likeness (QED) is 0.663. The number of sulfonamides is 2. The van der Waals surface area contributed by atoms with Crippen LogP contribution in [0.3, 0.4) is 0 Å². The fourth-order valence-electron chi connectivity index (χ4n) is 2.05. The van der Waals surface area contributed by atoms with E-state index in [-0.39, 0.29) is 16.3 Å². The van der Waals surface area contributed by atoms with Crippen LogP contribution in [0.5, 0.6) is 0 Å². The van der Waals surface area contributed by atoms with Crippen molar-refractivity contribution in [3.8, 4) is 0 Å². The highest BCUT2D eigenvalue weighted by molar-refractivity contribution is 7.90. The molecule has 0 heterocycles. The van der Waals surface area contributed by atoms with Gasteiger partial charge in [0.25, 0.3) is 0 Å². The van der Waals surface area contributed by atoms with Gasteiger partial charge in [-0.15, -0.1) is 0 Å². The van der Waals surface area contributed by atoms with Crippen LogP contribution >= 0.6 is 0 Å². The molecule has 4 N–H and O–H groups in total. The number of nitrogens with one attached hydrogen (secondary N) is 2. The first-order chi connectivity index (χ1) is 9.69. The smallest absolute Gasteiger partial charge is 0.240 e. The molecule has 0 bridgehead atoms. The maximum Gasteiger partial charge on any atom is 0.240 e. The summed E-state index contributed by atoms with van der Waals surface area (Å²) in [6.45, 7) is 0.186. The Hall–Kier alpha value is -1.00. The molecule has 9 heteroatoms. The number of benzene rings is 1. The van der Waals surface area contributed by atoms with Gasteiger partial charge in [0.15, 0.2) is 0 Å². The number of rotatable bonds is 6. The van der Waals surface area contributed by atoms with Crippen molar-refractivity contribution in [2.45, 2.75) is 34.6 Å². The third-order valence-corrected chi connectivity index (χ3v) is 6.52. The topological polar surface area (TPSA) is 118 Å². The third kappa shape index (κ3) is 3.61. The van der Waals surface area contributed by atoms with Gasteiger partial charge in [0.05, 0.1) is 9.79 Å². The van der Waals surface area contributed by atoms with Gasteiger partial charge in [0.2, 0.25) is 20.0 Å². The minimum Gasteiger partial charge on any atom is -0.324 e. The van der Waals surface area contributed by atoms with E-state index in [1.807, 2.05) is 0 Å². The van der Waals surface area contributed by atoms with E-state index in [1.54, 1.807) is 0 Å². The van der Waals surface area contributed by atoms with Gasteiger partial charge in [0.1, 0.15) is 0 Å². The van der Waals surface area contributed by atoms with E-state index in [9.17, 15) is 16.8 Å². The molecular weight excluding hydrogens is 314 g/mol. The second-order valence-corrected chi connectivity index (χ2v) is 8.87. The zero-order valence-corrected chi connectivity index (χ0v) is 13.3. The largest absolute Gasteiger partial charge is 0.324 e. The maximum absolute atomic E-state index is 12.1. The Labute approximate surface area is 125 Å². The SMILES string of the molecule is CNS(=O)(=O)c1ccc(S(=O)(=O)NCC2(N)CCC2)cc1. The van der Waals surface area contributed by atoms with Crippen LogP contribution in [0.25, 0.3) is 0 Å². The van der Waals surface area contributed by atoms with E-state index in [2.05, 4.69) is 9.44 Å². The van der Waals surface area contributed by atoms with E-state index >= 15 is 0 Å². The molecule has 1 aliphatic rings. The average molecular weight is 333 g/mol. The highest BCUT2D eigenvalue weighted by Gasteiger charge is 2.33. The van der Waals surface area contributed by atoms with E-state index in [1.165, 1.54) is 31.3 Å². The summed E-state index contributed by atoms with van der Waals surface area (Å²) in [4.78, 5) is 0.0266. The molecule has 0 spiro atoms. The van der Waals surface area contributed by atoms with E-state index in [4.69, 9.17) is 5.73 Å². The summed E-state index contributed by atoms with van der Waals surface area (Å²) in [7, 11) is -5.97. The van der Waals surface area contributed by atoms with Crippen molar-refractivity contribution >= 4 is 20.0 Å². The van der Waals surface area contributed by atoms with Gasteiger partial charge >= 0.3 is 0 Å². The first-order valence-corrected chi connectivity index (χ1v) is 9.47. The van der Waals surface area contributed by atoms with Crippen LogP contribution in [0.4, 0.5) is 0 Å². The zero-order valence-electron chi connectivity index (χ0n) is 11.7. The van der Waals surface area contributed by atoms with Crippen LogP contribution in [0, 0.1) is 0 Å². The molecule has 1 saturated carbocycles. The van der Waals surface area contributed by atoms with E-state index in [0.717, 1.165) is 19.3 Å². The number of nitrogens with two attached hydrogens (primary N) is 1. The number of hydrogen-bond donors (Lipinski definition) is 3. The Morgan fingerprint density at radius 1 is 1.05 bits per heavy atom. The van der Waals surface area contributed by atoms with Gasteiger partial charge in [-0.2, -0.15) is 0 Å². The fourth-order valence-corrected chi connectivity index (χ4v) is 3.91. The summed E-state index contributed by atoms with van der Waals surface area (Å²) in [5, 5.41) is 0. The zero-order chi connectivity index (χ0) is 15.7. The molecule has 2 rings (SSSR count). The van der Waals surface area contributed by atoms with Crippen LogP contribution in [-0.4, -0.2) is 36.0 Å². The molecule has 0 unspecified atom stereocenters.